The lowest BCUT2D eigenvalue weighted by atomic mass is 10.1. The van der Waals surface area contributed by atoms with E-state index < -0.39 is 12.6 Å². The normalized spacial score (nSPS) is 19.9. The van der Waals surface area contributed by atoms with Gasteiger partial charge in [-0.05, 0) is 38.9 Å². The largest absolute Gasteiger partial charge is 0.389 e. The van der Waals surface area contributed by atoms with Crippen molar-refractivity contribution < 1.29 is 13.2 Å². The molecule has 1 heterocycles. The summed E-state index contributed by atoms with van der Waals surface area (Å²) in [5.41, 5.74) is 0. The highest BCUT2D eigenvalue weighted by Crippen LogP contribution is 2.20. The maximum atomic E-state index is 11.8. The molecule has 0 saturated carbocycles. The van der Waals surface area contributed by atoms with E-state index in [1.54, 1.807) is 0 Å². The Labute approximate surface area is 82.2 Å². The van der Waals surface area contributed by atoms with E-state index in [0.29, 0.717) is 12.6 Å². The molecule has 1 aliphatic heterocycles. The second-order valence-electron chi connectivity index (χ2n) is 3.70. The molecule has 14 heavy (non-hydrogen) atoms. The topological polar surface area (TPSA) is 24.1 Å². The van der Waals surface area contributed by atoms with Gasteiger partial charge >= 0.3 is 6.18 Å². The van der Waals surface area contributed by atoms with Gasteiger partial charge < -0.3 is 10.6 Å². The summed E-state index contributed by atoms with van der Waals surface area (Å²) in [6.07, 6.45) is -2.45. The SMILES string of the molecule is FC(F)(F)CCCNC1CCNCC1. The maximum absolute atomic E-state index is 11.8. The number of piperidine rings is 1. The lowest BCUT2D eigenvalue weighted by Gasteiger charge is -2.23. The van der Waals surface area contributed by atoms with Crippen molar-refractivity contribution in [2.45, 2.75) is 37.9 Å². The molecular weight excluding hydrogens is 193 g/mol. The van der Waals surface area contributed by atoms with Gasteiger partial charge in [0.05, 0.1) is 0 Å². The molecule has 0 aromatic heterocycles. The Morgan fingerprint density at radius 3 is 2.43 bits per heavy atom. The quantitative estimate of drug-likeness (QED) is 0.690. The molecule has 5 heteroatoms. The number of rotatable bonds is 4. The van der Waals surface area contributed by atoms with E-state index in [0.717, 1.165) is 25.9 Å². The van der Waals surface area contributed by atoms with Crippen molar-refractivity contribution in [1.29, 1.82) is 0 Å². The second-order valence-corrected chi connectivity index (χ2v) is 3.70. The lowest BCUT2D eigenvalue weighted by molar-refractivity contribution is -0.135. The van der Waals surface area contributed by atoms with Crippen LogP contribution in [0.25, 0.3) is 0 Å². The first kappa shape index (κ1) is 11.8. The molecule has 0 radical (unpaired) electrons. The monoisotopic (exact) mass is 210 g/mol. The number of hydrogen-bond donors (Lipinski definition) is 2. The Morgan fingerprint density at radius 1 is 1.21 bits per heavy atom. The fourth-order valence-corrected chi connectivity index (χ4v) is 1.62. The van der Waals surface area contributed by atoms with Crippen LogP contribution in [0.3, 0.4) is 0 Å². The van der Waals surface area contributed by atoms with Gasteiger partial charge in [0.2, 0.25) is 0 Å². The summed E-state index contributed by atoms with van der Waals surface area (Å²) in [4.78, 5) is 0. The molecule has 0 amide bonds. The van der Waals surface area contributed by atoms with Gasteiger partial charge in [0.25, 0.3) is 0 Å². The molecule has 0 aromatic rings. The molecular formula is C9H17F3N2. The number of halogens is 3. The van der Waals surface area contributed by atoms with Gasteiger partial charge in [0, 0.05) is 12.5 Å². The van der Waals surface area contributed by atoms with E-state index in [4.69, 9.17) is 0 Å². The third kappa shape index (κ3) is 5.44. The highest BCUT2D eigenvalue weighted by Gasteiger charge is 2.26. The van der Waals surface area contributed by atoms with Gasteiger partial charge in [-0.25, -0.2) is 0 Å². The van der Waals surface area contributed by atoms with E-state index in [-0.39, 0.29) is 6.42 Å². The van der Waals surface area contributed by atoms with E-state index >= 15 is 0 Å². The summed E-state index contributed by atoms with van der Waals surface area (Å²) in [7, 11) is 0. The minimum atomic E-state index is -4.00. The first-order valence-electron chi connectivity index (χ1n) is 5.09. The summed E-state index contributed by atoms with van der Waals surface area (Å²) in [5, 5.41) is 6.36. The molecule has 1 rings (SSSR count). The molecule has 0 aliphatic carbocycles. The molecule has 1 aliphatic rings. The van der Waals surface area contributed by atoms with Gasteiger partial charge in [0.1, 0.15) is 0 Å². The molecule has 0 unspecified atom stereocenters. The average Bonchev–Trinajstić information content (AvgIpc) is 2.13. The lowest BCUT2D eigenvalue weighted by Crippen LogP contribution is -2.40. The Morgan fingerprint density at radius 2 is 1.86 bits per heavy atom. The van der Waals surface area contributed by atoms with Crippen molar-refractivity contribution >= 4 is 0 Å². The predicted molar refractivity (Wildman–Crippen MR) is 49.2 cm³/mol. The summed E-state index contributed by atoms with van der Waals surface area (Å²) in [6, 6.07) is 0.407. The van der Waals surface area contributed by atoms with Crippen LogP contribution in [-0.2, 0) is 0 Å². The zero-order valence-corrected chi connectivity index (χ0v) is 8.16. The van der Waals surface area contributed by atoms with Gasteiger partial charge in [-0.2, -0.15) is 13.2 Å². The molecule has 0 spiro atoms. The van der Waals surface area contributed by atoms with Crippen molar-refractivity contribution in [3.63, 3.8) is 0 Å². The molecule has 1 fully saturated rings. The van der Waals surface area contributed by atoms with Crippen LogP contribution >= 0.6 is 0 Å². The Balaban J connectivity index is 1.97. The van der Waals surface area contributed by atoms with Gasteiger partial charge in [0.15, 0.2) is 0 Å². The van der Waals surface area contributed by atoms with E-state index in [9.17, 15) is 13.2 Å². The number of hydrogen-bond acceptors (Lipinski definition) is 2. The van der Waals surface area contributed by atoms with E-state index in [1.165, 1.54) is 0 Å². The molecule has 84 valence electrons. The first-order chi connectivity index (χ1) is 6.58. The fourth-order valence-electron chi connectivity index (χ4n) is 1.62. The molecule has 2 nitrogen and oxygen atoms in total. The summed E-state index contributed by atoms with van der Waals surface area (Å²) < 4.78 is 35.4. The van der Waals surface area contributed by atoms with Crippen LogP contribution in [0.4, 0.5) is 13.2 Å². The minimum absolute atomic E-state index is 0.188. The third-order valence-electron chi connectivity index (χ3n) is 2.41. The van der Waals surface area contributed by atoms with Gasteiger partial charge in [-0.15, -0.1) is 0 Å². The van der Waals surface area contributed by atoms with Crippen LogP contribution < -0.4 is 10.6 Å². The van der Waals surface area contributed by atoms with Crippen LogP contribution in [-0.4, -0.2) is 31.9 Å². The zero-order valence-electron chi connectivity index (χ0n) is 8.16. The van der Waals surface area contributed by atoms with Gasteiger partial charge in [-0.1, -0.05) is 0 Å². The molecule has 1 saturated heterocycles. The Bertz CT molecular complexity index is 153. The van der Waals surface area contributed by atoms with Crippen molar-refractivity contribution in [3.8, 4) is 0 Å². The molecule has 2 N–H and O–H groups in total. The predicted octanol–water partition coefficient (Wildman–Crippen LogP) is 1.67. The van der Waals surface area contributed by atoms with Crippen LogP contribution in [0.1, 0.15) is 25.7 Å². The minimum Gasteiger partial charge on any atom is -0.317 e. The number of nitrogens with one attached hydrogen (secondary N) is 2. The highest BCUT2D eigenvalue weighted by molar-refractivity contribution is 4.74. The van der Waals surface area contributed by atoms with Crippen molar-refractivity contribution in [3.05, 3.63) is 0 Å². The average molecular weight is 210 g/mol. The smallest absolute Gasteiger partial charge is 0.317 e. The Hall–Kier alpha value is -0.290. The highest BCUT2D eigenvalue weighted by atomic mass is 19.4. The fraction of sp³-hybridized carbons (Fsp3) is 1.00. The summed E-state index contributed by atoms with van der Waals surface area (Å²) in [6.45, 7) is 2.41. The van der Waals surface area contributed by atoms with Crippen LogP contribution in [0, 0.1) is 0 Å². The molecule has 0 atom stereocenters. The molecule has 0 bridgehead atoms. The van der Waals surface area contributed by atoms with Crippen molar-refractivity contribution in [2.75, 3.05) is 19.6 Å². The number of alkyl halides is 3. The van der Waals surface area contributed by atoms with E-state index in [2.05, 4.69) is 10.6 Å². The standard InChI is InChI=1S/C9H17F3N2/c10-9(11,12)4-1-5-14-8-2-6-13-7-3-8/h8,13-14H,1-7H2. The second kappa shape index (κ2) is 5.56. The first-order valence-corrected chi connectivity index (χ1v) is 5.09. The zero-order chi connectivity index (χ0) is 10.4. The van der Waals surface area contributed by atoms with Crippen molar-refractivity contribution in [1.82, 2.24) is 10.6 Å². The Kier molecular flexibility index (Phi) is 4.68. The summed E-state index contributed by atoms with van der Waals surface area (Å²) >= 11 is 0. The van der Waals surface area contributed by atoms with Crippen LogP contribution in [0.2, 0.25) is 0 Å². The van der Waals surface area contributed by atoms with E-state index in [1.807, 2.05) is 0 Å². The van der Waals surface area contributed by atoms with Gasteiger partial charge in [-0.3, -0.25) is 0 Å². The van der Waals surface area contributed by atoms with Crippen LogP contribution in [0.15, 0.2) is 0 Å². The maximum Gasteiger partial charge on any atom is 0.389 e. The molecule has 0 aromatic carbocycles. The third-order valence-corrected chi connectivity index (χ3v) is 2.41. The van der Waals surface area contributed by atoms with Crippen LogP contribution in [0.5, 0.6) is 0 Å². The van der Waals surface area contributed by atoms with Crippen molar-refractivity contribution in [2.24, 2.45) is 0 Å². The summed E-state index contributed by atoms with van der Waals surface area (Å²) in [5.74, 6) is 0.